The van der Waals surface area contributed by atoms with Gasteiger partial charge >= 0.3 is 19.5 Å². The summed E-state index contributed by atoms with van der Waals surface area (Å²) in [6.07, 6.45) is 0. The molecule has 0 saturated heterocycles. The molecule has 0 radical (unpaired) electrons. The number of carboxylic acid groups (broad SMARTS) is 2. The Bertz CT molecular complexity index is 487. The third kappa shape index (κ3) is 30.3. The molecular weight excluding hydrogens is 454 g/mol. The van der Waals surface area contributed by atoms with Crippen molar-refractivity contribution in [1.82, 2.24) is 10.6 Å². The normalized spacial score (nSPS) is 8.07. The molecule has 16 nitrogen and oxygen atoms in total. The van der Waals surface area contributed by atoms with Crippen molar-refractivity contribution in [3.05, 3.63) is 10.6 Å². The van der Waals surface area contributed by atoms with E-state index in [2.05, 4.69) is 21.3 Å². The van der Waals surface area contributed by atoms with Gasteiger partial charge in [-0.3, -0.25) is 19.2 Å². The van der Waals surface area contributed by atoms with Gasteiger partial charge in [0, 0.05) is 0 Å². The molecule has 0 aromatic rings. The van der Waals surface area contributed by atoms with Gasteiger partial charge in [-0.25, -0.2) is 0 Å². The summed E-state index contributed by atoms with van der Waals surface area (Å²) in [5.74, 6) is -4.75. The van der Waals surface area contributed by atoms with Crippen LogP contribution in [0, 0.1) is 0 Å². The third-order valence-corrected chi connectivity index (χ3v) is 2.03. The first-order chi connectivity index (χ1) is 12.1. The molecule has 164 valence electrons. The van der Waals surface area contributed by atoms with Crippen LogP contribution in [0.1, 0.15) is 0 Å². The van der Waals surface area contributed by atoms with Crippen molar-refractivity contribution in [1.29, 1.82) is 0 Å². The SMILES string of the molecule is NCC(=O)NCC(=O)[N-]CC(=O)O.NCC(=O)NCC(=O)[N-]CC(=O)O.O.O.[Zn+2]. The molecule has 0 aliphatic heterocycles. The predicted octanol–water partition coefficient (Wildman–Crippen LogP) is -5.56. The van der Waals surface area contributed by atoms with Crippen LogP contribution in [0.25, 0.3) is 10.6 Å². The molecular formula is C12H24N6O10Zn. The smallest absolute Gasteiger partial charge is 0.643 e. The van der Waals surface area contributed by atoms with E-state index < -0.39 is 48.7 Å². The van der Waals surface area contributed by atoms with Crippen molar-refractivity contribution >= 4 is 35.6 Å². The summed E-state index contributed by atoms with van der Waals surface area (Å²) in [5, 5.41) is 26.8. The predicted molar refractivity (Wildman–Crippen MR) is 93.1 cm³/mol. The van der Waals surface area contributed by atoms with Crippen LogP contribution in [0.4, 0.5) is 0 Å². The number of carbonyl (C=O) groups is 6. The molecule has 0 atom stereocenters. The van der Waals surface area contributed by atoms with Crippen LogP contribution in [-0.2, 0) is 48.2 Å². The van der Waals surface area contributed by atoms with E-state index in [4.69, 9.17) is 21.7 Å². The fourth-order valence-electron chi connectivity index (χ4n) is 0.916. The maximum absolute atomic E-state index is 10.7. The Morgan fingerprint density at radius 2 is 0.966 bits per heavy atom. The Kier molecular flexibility index (Phi) is 29.8. The molecule has 0 saturated carbocycles. The van der Waals surface area contributed by atoms with Gasteiger partial charge in [0.25, 0.3) is 11.9 Å². The molecule has 0 aliphatic carbocycles. The zero-order valence-electron chi connectivity index (χ0n) is 15.3. The van der Waals surface area contributed by atoms with Crippen LogP contribution in [-0.4, -0.2) is 96.0 Å². The Morgan fingerprint density at radius 1 is 0.690 bits per heavy atom. The molecule has 29 heavy (non-hydrogen) atoms. The molecule has 17 heteroatoms. The van der Waals surface area contributed by atoms with Gasteiger partial charge in [0.15, 0.2) is 0 Å². The number of hydrogen-bond acceptors (Lipinski definition) is 8. The summed E-state index contributed by atoms with van der Waals surface area (Å²) >= 11 is 0. The summed E-state index contributed by atoms with van der Waals surface area (Å²) < 4.78 is 0. The van der Waals surface area contributed by atoms with Gasteiger partial charge in [0.05, 0.1) is 38.0 Å². The molecule has 0 spiro atoms. The van der Waals surface area contributed by atoms with Crippen molar-refractivity contribution in [2.75, 3.05) is 39.3 Å². The van der Waals surface area contributed by atoms with Crippen molar-refractivity contribution < 1.29 is 69.4 Å². The molecule has 0 unspecified atom stereocenters. The van der Waals surface area contributed by atoms with Crippen LogP contribution >= 0.6 is 0 Å². The second kappa shape index (κ2) is 23.3. The summed E-state index contributed by atoms with van der Waals surface area (Å²) in [7, 11) is 0. The van der Waals surface area contributed by atoms with Crippen molar-refractivity contribution in [3.8, 4) is 0 Å². The molecule has 0 aliphatic rings. The van der Waals surface area contributed by atoms with E-state index in [0.29, 0.717) is 0 Å². The Balaban J connectivity index is -0.000000120. The van der Waals surface area contributed by atoms with Crippen LogP contribution in [0.15, 0.2) is 0 Å². The number of hydrogen-bond donors (Lipinski definition) is 6. The molecule has 0 rings (SSSR count). The maximum atomic E-state index is 10.7. The molecule has 0 heterocycles. The number of rotatable bonds is 10. The summed E-state index contributed by atoms with van der Waals surface area (Å²) in [6.45, 7) is -2.24. The summed E-state index contributed by atoms with van der Waals surface area (Å²) in [4.78, 5) is 62.3. The topological polar surface area (TPSA) is 310 Å². The summed E-state index contributed by atoms with van der Waals surface area (Å²) in [6, 6.07) is 0. The number of carbonyl (C=O) groups excluding carboxylic acids is 4. The van der Waals surface area contributed by atoms with Gasteiger partial charge in [-0.15, -0.1) is 0 Å². The largest absolute Gasteiger partial charge is 2.00 e. The van der Waals surface area contributed by atoms with Gasteiger partial charge in [-0.2, -0.15) is 0 Å². The minimum Gasteiger partial charge on any atom is -0.643 e. The zero-order chi connectivity index (χ0) is 20.5. The molecule has 4 amide bonds. The molecule has 0 aromatic heterocycles. The Morgan fingerprint density at radius 3 is 1.17 bits per heavy atom. The van der Waals surface area contributed by atoms with Gasteiger partial charge < -0.3 is 63.5 Å². The summed E-state index contributed by atoms with van der Waals surface area (Å²) in [5.41, 5.74) is 9.86. The minimum absolute atomic E-state index is 0. The van der Waals surface area contributed by atoms with E-state index in [9.17, 15) is 28.8 Å². The number of amides is 4. The van der Waals surface area contributed by atoms with Crippen LogP contribution in [0.3, 0.4) is 0 Å². The fourth-order valence-corrected chi connectivity index (χ4v) is 0.916. The first-order valence-electron chi connectivity index (χ1n) is 6.90. The zero-order valence-corrected chi connectivity index (χ0v) is 18.3. The number of aliphatic carboxylic acids is 2. The average molecular weight is 478 g/mol. The van der Waals surface area contributed by atoms with Gasteiger partial charge in [0.1, 0.15) is 0 Å². The average Bonchev–Trinajstić information content (AvgIpc) is 2.60. The quantitative estimate of drug-likeness (QED) is 0.162. The number of nitrogens with one attached hydrogen (secondary N) is 2. The fraction of sp³-hybridized carbons (Fsp3) is 0.500. The first kappa shape index (κ1) is 37.1. The molecule has 0 aromatic carbocycles. The van der Waals surface area contributed by atoms with Crippen LogP contribution < -0.4 is 22.1 Å². The number of nitrogens with two attached hydrogens (primary N) is 2. The standard InChI is InChI=1S/2C6H11N3O4.2H2O.Zn/c2*7-1-4(10)8-2-5(11)9-3-6(12)13;;;/h2*1-3,7H2,(H3,8,9,10,11,12,13);2*1H2;/q;;;;+2/p-2. The maximum Gasteiger partial charge on any atom is 2.00 e. The van der Waals surface area contributed by atoms with E-state index in [1.165, 1.54) is 0 Å². The van der Waals surface area contributed by atoms with E-state index in [1.807, 2.05) is 0 Å². The Hall–Kier alpha value is -2.72. The second-order valence-electron chi connectivity index (χ2n) is 4.17. The van der Waals surface area contributed by atoms with E-state index in [-0.39, 0.29) is 56.6 Å². The van der Waals surface area contributed by atoms with E-state index >= 15 is 0 Å². The molecule has 12 N–H and O–H groups in total. The van der Waals surface area contributed by atoms with Gasteiger partial charge in [0.2, 0.25) is 11.8 Å². The Labute approximate surface area is 177 Å². The monoisotopic (exact) mass is 476 g/mol. The first-order valence-corrected chi connectivity index (χ1v) is 6.90. The van der Waals surface area contributed by atoms with E-state index in [0.717, 1.165) is 0 Å². The van der Waals surface area contributed by atoms with Crippen molar-refractivity contribution in [2.45, 2.75) is 0 Å². The van der Waals surface area contributed by atoms with Gasteiger partial charge in [-0.05, 0) is 13.1 Å². The number of nitrogens with zero attached hydrogens (tertiary/aromatic N) is 2. The number of carboxylic acids is 2. The van der Waals surface area contributed by atoms with Crippen molar-refractivity contribution in [3.63, 3.8) is 0 Å². The second-order valence-corrected chi connectivity index (χ2v) is 4.17. The third-order valence-electron chi connectivity index (χ3n) is 2.03. The van der Waals surface area contributed by atoms with Crippen LogP contribution in [0.2, 0.25) is 0 Å². The minimum atomic E-state index is -1.20. The molecule has 0 fully saturated rings. The van der Waals surface area contributed by atoms with Gasteiger partial charge in [-0.1, -0.05) is 0 Å². The molecule has 0 bridgehead atoms. The van der Waals surface area contributed by atoms with Crippen LogP contribution in [0.5, 0.6) is 0 Å². The van der Waals surface area contributed by atoms with Crippen molar-refractivity contribution in [2.24, 2.45) is 11.5 Å². The van der Waals surface area contributed by atoms with E-state index in [1.54, 1.807) is 0 Å².